The van der Waals surface area contributed by atoms with Crippen LogP contribution in [0.3, 0.4) is 0 Å². The molecule has 0 radical (unpaired) electrons. The number of piperidine rings is 1. The molecular weight excluding hydrogens is 246 g/mol. The van der Waals surface area contributed by atoms with Crippen molar-refractivity contribution in [3.63, 3.8) is 0 Å². The average molecular weight is 273 g/mol. The van der Waals surface area contributed by atoms with Crippen molar-refractivity contribution >= 4 is 17.2 Å². The van der Waals surface area contributed by atoms with Crippen molar-refractivity contribution in [2.24, 2.45) is 0 Å². The van der Waals surface area contributed by atoms with Crippen LogP contribution in [0.2, 0.25) is 0 Å². The van der Waals surface area contributed by atoms with Crippen LogP contribution < -0.4 is 10.6 Å². The SMILES string of the molecule is CNC(=S)C(O)NCC[C@H]1CCCCN1C(C)C. The number of thiocarbonyl (C=S) groups is 1. The van der Waals surface area contributed by atoms with Gasteiger partial charge in [-0.25, -0.2) is 0 Å². The van der Waals surface area contributed by atoms with Crippen LogP contribution in [0, 0.1) is 0 Å². The molecular formula is C13H27N3OS. The highest BCUT2D eigenvalue weighted by Crippen LogP contribution is 2.21. The maximum Gasteiger partial charge on any atom is 0.156 e. The third-order valence-electron chi connectivity index (χ3n) is 3.65. The van der Waals surface area contributed by atoms with E-state index in [1.807, 2.05) is 0 Å². The second kappa shape index (κ2) is 8.04. The topological polar surface area (TPSA) is 47.5 Å². The Kier molecular flexibility index (Phi) is 7.07. The van der Waals surface area contributed by atoms with Crippen molar-refractivity contribution in [1.82, 2.24) is 15.5 Å². The molecule has 106 valence electrons. The zero-order valence-electron chi connectivity index (χ0n) is 11.8. The molecule has 5 heteroatoms. The van der Waals surface area contributed by atoms with Crippen LogP contribution in [0.5, 0.6) is 0 Å². The van der Waals surface area contributed by atoms with E-state index < -0.39 is 6.23 Å². The Balaban J connectivity index is 2.30. The molecule has 0 spiro atoms. The van der Waals surface area contributed by atoms with Crippen LogP contribution in [-0.2, 0) is 0 Å². The predicted octanol–water partition coefficient (Wildman–Crippen LogP) is 1.09. The summed E-state index contributed by atoms with van der Waals surface area (Å²) in [4.78, 5) is 3.04. The molecule has 0 saturated carbocycles. The fourth-order valence-corrected chi connectivity index (χ4v) is 2.71. The molecule has 0 aromatic rings. The van der Waals surface area contributed by atoms with Gasteiger partial charge >= 0.3 is 0 Å². The first-order valence-corrected chi connectivity index (χ1v) is 7.36. The van der Waals surface area contributed by atoms with E-state index in [2.05, 4.69) is 29.4 Å². The Bertz CT molecular complexity index is 261. The van der Waals surface area contributed by atoms with E-state index in [0.717, 1.165) is 13.0 Å². The summed E-state index contributed by atoms with van der Waals surface area (Å²) in [6.45, 7) is 6.53. The van der Waals surface area contributed by atoms with Gasteiger partial charge in [-0.3, -0.25) is 10.2 Å². The van der Waals surface area contributed by atoms with Crippen LogP contribution in [0.15, 0.2) is 0 Å². The summed E-state index contributed by atoms with van der Waals surface area (Å²) in [6.07, 6.45) is 4.26. The van der Waals surface area contributed by atoms with E-state index in [4.69, 9.17) is 12.2 Å². The van der Waals surface area contributed by atoms with Gasteiger partial charge in [0.2, 0.25) is 0 Å². The van der Waals surface area contributed by atoms with E-state index in [1.54, 1.807) is 7.05 Å². The molecule has 1 heterocycles. The number of aliphatic hydroxyl groups excluding tert-OH is 1. The first kappa shape index (κ1) is 15.8. The molecule has 1 rings (SSSR count). The summed E-state index contributed by atoms with van der Waals surface area (Å²) in [5, 5.41) is 15.5. The molecule has 18 heavy (non-hydrogen) atoms. The molecule has 1 saturated heterocycles. The molecule has 1 fully saturated rings. The van der Waals surface area contributed by atoms with Crippen LogP contribution in [0.4, 0.5) is 0 Å². The lowest BCUT2D eigenvalue weighted by atomic mass is 9.98. The monoisotopic (exact) mass is 273 g/mol. The molecule has 4 nitrogen and oxygen atoms in total. The van der Waals surface area contributed by atoms with Gasteiger partial charge in [0.15, 0.2) is 6.23 Å². The fraction of sp³-hybridized carbons (Fsp3) is 0.923. The number of hydrogen-bond donors (Lipinski definition) is 3. The van der Waals surface area contributed by atoms with E-state index in [1.165, 1.54) is 25.8 Å². The summed E-state index contributed by atoms with van der Waals surface area (Å²) in [6, 6.07) is 1.25. The highest BCUT2D eigenvalue weighted by molar-refractivity contribution is 7.80. The smallest absolute Gasteiger partial charge is 0.156 e. The summed E-state index contributed by atoms with van der Waals surface area (Å²) >= 11 is 4.98. The first-order valence-electron chi connectivity index (χ1n) is 6.95. The molecule has 0 bridgehead atoms. The van der Waals surface area contributed by atoms with Crippen LogP contribution in [0.1, 0.15) is 39.5 Å². The lowest BCUT2D eigenvalue weighted by molar-refractivity contribution is 0.101. The van der Waals surface area contributed by atoms with E-state index >= 15 is 0 Å². The van der Waals surface area contributed by atoms with Crippen LogP contribution >= 0.6 is 12.2 Å². The van der Waals surface area contributed by atoms with E-state index in [-0.39, 0.29) is 0 Å². The third-order valence-corrected chi connectivity index (χ3v) is 4.07. The average Bonchev–Trinajstić information content (AvgIpc) is 2.38. The van der Waals surface area contributed by atoms with Crippen molar-refractivity contribution in [2.45, 2.75) is 57.8 Å². The number of nitrogens with zero attached hydrogens (tertiary/aromatic N) is 1. The van der Waals surface area contributed by atoms with Crippen LogP contribution in [-0.4, -0.2) is 53.4 Å². The number of hydrogen-bond acceptors (Lipinski definition) is 4. The zero-order valence-corrected chi connectivity index (χ0v) is 12.6. The number of aliphatic hydroxyl groups is 1. The molecule has 0 amide bonds. The van der Waals surface area contributed by atoms with Crippen LogP contribution in [0.25, 0.3) is 0 Å². The number of likely N-dealkylation sites (tertiary alicyclic amines) is 1. The third kappa shape index (κ3) is 4.80. The second-order valence-electron chi connectivity index (χ2n) is 5.24. The van der Waals surface area contributed by atoms with Crippen molar-refractivity contribution in [1.29, 1.82) is 0 Å². The molecule has 1 aliphatic rings. The normalized spacial score (nSPS) is 23.1. The fourth-order valence-electron chi connectivity index (χ4n) is 2.63. The van der Waals surface area contributed by atoms with Gasteiger partial charge in [-0.2, -0.15) is 0 Å². The van der Waals surface area contributed by atoms with Gasteiger partial charge < -0.3 is 10.4 Å². The van der Waals surface area contributed by atoms with Gasteiger partial charge in [-0.05, 0) is 46.2 Å². The Morgan fingerprint density at radius 1 is 1.44 bits per heavy atom. The summed E-state index contributed by atoms with van der Waals surface area (Å²) in [7, 11) is 1.73. The molecule has 1 aliphatic heterocycles. The van der Waals surface area contributed by atoms with Gasteiger partial charge in [0.25, 0.3) is 0 Å². The number of rotatable bonds is 6. The quantitative estimate of drug-likeness (QED) is 0.500. The van der Waals surface area contributed by atoms with Gasteiger partial charge in [0.1, 0.15) is 4.99 Å². The molecule has 0 aromatic heterocycles. The second-order valence-corrected chi connectivity index (χ2v) is 5.68. The highest BCUT2D eigenvalue weighted by Gasteiger charge is 2.24. The summed E-state index contributed by atoms with van der Waals surface area (Å²) < 4.78 is 0. The minimum Gasteiger partial charge on any atom is -0.379 e. The largest absolute Gasteiger partial charge is 0.379 e. The number of likely N-dealkylation sites (N-methyl/N-ethyl adjacent to an activating group) is 1. The van der Waals surface area contributed by atoms with Gasteiger partial charge in [-0.1, -0.05) is 18.6 Å². The Labute approximate surface area is 116 Å². The van der Waals surface area contributed by atoms with Crippen molar-refractivity contribution in [2.75, 3.05) is 20.1 Å². The summed E-state index contributed by atoms with van der Waals surface area (Å²) in [5.74, 6) is 0. The van der Waals surface area contributed by atoms with Gasteiger partial charge in [-0.15, -0.1) is 0 Å². The standard InChI is InChI=1S/C13H27N3OS/c1-10(2)16-9-5-4-6-11(16)7-8-15-12(17)13(18)14-3/h10-12,15,17H,4-9H2,1-3H3,(H,14,18)/t11-,12?/m1/s1. The molecule has 3 N–H and O–H groups in total. The Hall–Kier alpha value is -0.230. The minimum absolute atomic E-state index is 0.458. The molecule has 1 unspecified atom stereocenters. The highest BCUT2D eigenvalue weighted by atomic mass is 32.1. The van der Waals surface area contributed by atoms with Crippen molar-refractivity contribution in [3.8, 4) is 0 Å². The van der Waals surface area contributed by atoms with Crippen molar-refractivity contribution in [3.05, 3.63) is 0 Å². The minimum atomic E-state index is -0.721. The number of nitrogens with one attached hydrogen (secondary N) is 2. The zero-order chi connectivity index (χ0) is 13.5. The maximum atomic E-state index is 9.69. The van der Waals surface area contributed by atoms with Crippen molar-refractivity contribution < 1.29 is 5.11 Å². The van der Waals surface area contributed by atoms with Gasteiger partial charge in [0.05, 0.1) is 0 Å². The van der Waals surface area contributed by atoms with E-state index in [0.29, 0.717) is 17.1 Å². The lowest BCUT2D eigenvalue weighted by Gasteiger charge is -2.39. The predicted molar refractivity (Wildman–Crippen MR) is 79.8 cm³/mol. The Morgan fingerprint density at radius 2 is 2.17 bits per heavy atom. The molecule has 0 aromatic carbocycles. The summed E-state index contributed by atoms with van der Waals surface area (Å²) in [5.41, 5.74) is 0. The van der Waals surface area contributed by atoms with E-state index in [9.17, 15) is 5.11 Å². The van der Waals surface area contributed by atoms with Gasteiger partial charge in [0, 0.05) is 19.1 Å². The Morgan fingerprint density at radius 3 is 2.78 bits per heavy atom. The first-order chi connectivity index (χ1) is 8.56. The molecule has 0 aliphatic carbocycles. The lowest BCUT2D eigenvalue weighted by Crippen LogP contribution is -2.47. The molecule has 2 atom stereocenters. The maximum absolute atomic E-state index is 9.69.